The maximum atomic E-state index is 14.0. The second-order valence-corrected chi connectivity index (χ2v) is 8.78. The number of pyridine rings is 1. The standard InChI is InChI=1S/C25H21Cl2N3O3/c1-16-7-2-3-11-21(16)30-23(32)25(22(31)29-24(30)33,13-12-17-8-4-5-14-28-17)15-18-19(26)9-6-10-20(18)27/h2-11,14H,12-13,15H2,1H3,(H,29,31,33)/t25-/m0/s1. The Labute approximate surface area is 201 Å². The normalized spacial score (nSPS) is 18.4. The van der Waals surface area contributed by atoms with Crippen LogP contribution in [0.3, 0.4) is 0 Å². The molecule has 1 atom stereocenters. The number of hydrogen-bond donors (Lipinski definition) is 1. The zero-order chi connectivity index (χ0) is 23.6. The number of urea groups is 1. The maximum absolute atomic E-state index is 14.0. The van der Waals surface area contributed by atoms with Crippen LogP contribution in [0.2, 0.25) is 10.0 Å². The van der Waals surface area contributed by atoms with Crippen molar-refractivity contribution in [2.24, 2.45) is 5.41 Å². The molecule has 0 aliphatic carbocycles. The second kappa shape index (κ2) is 9.33. The molecule has 4 amide bonds. The lowest BCUT2D eigenvalue weighted by Crippen LogP contribution is -2.65. The van der Waals surface area contributed by atoms with E-state index in [2.05, 4.69) is 10.3 Å². The first-order valence-electron chi connectivity index (χ1n) is 10.4. The number of aryl methyl sites for hydroxylation is 2. The fourth-order valence-corrected chi connectivity index (χ4v) is 4.60. The number of carbonyl (C=O) groups excluding carboxylic acids is 3. The number of aromatic nitrogens is 1. The van der Waals surface area contributed by atoms with E-state index < -0.39 is 23.3 Å². The van der Waals surface area contributed by atoms with Crippen molar-refractivity contribution < 1.29 is 14.4 Å². The molecule has 1 saturated heterocycles. The number of carbonyl (C=O) groups is 3. The molecule has 1 fully saturated rings. The third-order valence-electron chi connectivity index (χ3n) is 5.90. The van der Waals surface area contributed by atoms with Crippen LogP contribution in [0.4, 0.5) is 10.5 Å². The van der Waals surface area contributed by atoms with Crippen molar-refractivity contribution in [1.29, 1.82) is 0 Å². The Balaban J connectivity index is 1.82. The molecule has 8 heteroatoms. The minimum Gasteiger partial charge on any atom is -0.276 e. The van der Waals surface area contributed by atoms with Gasteiger partial charge in [-0.15, -0.1) is 0 Å². The first-order chi connectivity index (χ1) is 15.8. The van der Waals surface area contributed by atoms with Gasteiger partial charge in [0.2, 0.25) is 5.91 Å². The molecule has 0 bridgehead atoms. The van der Waals surface area contributed by atoms with E-state index >= 15 is 0 Å². The van der Waals surface area contributed by atoms with Gasteiger partial charge in [0.15, 0.2) is 0 Å². The Morgan fingerprint density at radius 3 is 2.30 bits per heavy atom. The van der Waals surface area contributed by atoms with E-state index in [1.165, 1.54) is 0 Å². The Kier molecular flexibility index (Phi) is 6.49. The van der Waals surface area contributed by atoms with Crippen LogP contribution in [0.5, 0.6) is 0 Å². The first kappa shape index (κ1) is 23.0. The van der Waals surface area contributed by atoms with Crippen LogP contribution in [0.1, 0.15) is 23.2 Å². The van der Waals surface area contributed by atoms with Gasteiger partial charge in [0, 0.05) is 21.9 Å². The van der Waals surface area contributed by atoms with Crippen LogP contribution in [0, 0.1) is 12.3 Å². The summed E-state index contributed by atoms with van der Waals surface area (Å²) in [6.45, 7) is 1.80. The van der Waals surface area contributed by atoms with Crippen LogP contribution >= 0.6 is 23.2 Å². The number of hydrogen-bond acceptors (Lipinski definition) is 4. The molecule has 0 spiro atoms. The molecule has 1 aromatic heterocycles. The van der Waals surface area contributed by atoms with Crippen molar-refractivity contribution in [2.45, 2.75) is 26.2 Å². The summed E-state index contributed by atoms with van der Waals surface area (Å²) in [7, 11) is 0. The predicted octanol–water partition coefficient (Wildman–Crippen LogP) is 5.14. The molecule has 33 heavy (non-hydrogen) atoms. The summed E-state index contributed by atoms with van der Waals surface area (Å²) in [5, 5.41) is 3.09. The molecule has 1 aliphatic heterocycles. The van der Waals surface area contributed by atoms with Crippen molar-refractivity contribution in [1.82, 2.24) is 10.3 Å². The van der Waals surface area contributed by atoms with E-state index in [1.54, 1.807) is 55.6 Å². The second-order valence-electron chi connectivity index (χ2n) is 7.97. The van der Waals surface area contributed by atoms with E-state index in [-0.39, 0.29) is 12.8 Å². The molecule has 0 radical (unpaired) electrons. The molecule has 2 heterocycles. The minimum atomic E-state index is -1.61. The van der Waals surface area contributed by atoms with Gasteiger partial charge in [0.1, 0.15) is 5.41 Å². The largest absolute Gasteiger partial charge is 0.335 e. The molecule has 168 valence electrons. The van der Waals surface area contributed by atoms with E-state index in [0.29, 0.717) is 27.7 Å². The number of nitrogens with zero attached hydrogens (tertiary/aromatic N) is 2. The number of barbiturate groups is 1. The van der Waals surface area contributed by atoms with Crippen LogP contribution in [-0.4, -0.2) is 22.8 Å². The summed E-state index contributed by atoms with van der Waals surface area (Å²) in [6, 6.07) is 16.7. The SMILES string of the molecule is Cc1ccccc1N1C(=O)NC(=O)[C@](CCc2ccccn2)(Cc2c(Cl)cccc2Cl)C1=O. The average Bonchev–Trinajstić information content (AvgIpc) is 2.80. The van der Waals surface area contributed by atoms with E-state index in [4.69, 9.17) is 23.2 Å². The van der Waals surface area contributed by atoms with Crippen LogP contribution in [-0.2, 0) is 22.4 Å². The van der Waals surface area contributed by atoms with E-state index in [9.17, 15) is 14.4 Å². The number of nitrogens with one attached hydrogen (secondary N) is 1. The monoisotopic (exact) mass is 481 g/mol. The van der Waals surface area contributed by atoms with Gasteiger partial charge < -0.3 is 0 Å². The van der Waals surface area contributed by atoms with Gasteiger partial charge in [-0.2, -0.15) is 0 Å². The van der Waals surface area contributed by atoms with Gasteiger partial charge >= 0.3 is 6.03 Å². The van der Waals surface area contributed by atoms with Crippen molar-refractivity contribution in [3.8, 4) is 0 Å². The quantitative estimate of drug-likeness (QED) is 0.494. The van der Waals surface area contributed by atoms with Crippen molar-refractivity contribution >= 4 is 46.7 Å². The fourth-order valence-electron chi connectivity index (χ4n) is 4.06. The highest BCUT2D eigenvalue weighted by atomic mass is 35.5. The van der Waals surface area contributed by atoms with Gasteiger partial charge in [0.25, 0.3) is 5.91 Å². The Morgan fingerprint density at radius 1 is 0.939 bits per heavy atom. The van der Waals surface area contributed by atoms with E-state index in [1.807, 2.05) is 18.2 Å². The smallest absolute Gasteiger partial charge is 0.276 e. The number of benzene rings is 2. The van der Waals surface area contributed by atoms with Crippen LogP contribution < -0.4 is 10.2 Å². The van der Waals surface area contributed by atoms with Gasteiger partial charge in [-0.25, -0.2) is 9.69 Å². The zero-order valence-corrected chi connectivity index (χ0v) is 19.4. The molecule has 0 unspecified atom stereocenters. The summed E-state index contributed by atoms with van der Waals surface area (Å²) >= 11 is 12.8. The molecular formula is C25H21Cl2N3O3. The van der Waals surface area contributed by atoms with Crippen molar-refractivity contribution in [3.05, 3.63) is 93.7 Å². The van der Waals surface area contributed by atoms with E-state index in [0.717, 1.165) is 16.2 Å². The molecule has 3 aromatic rings. The third-order valence-corrected chi connectivity index (χ3v) is 6.61. The summed E-state index contributed by atoms with van der Waals surface area (Å²) in [5.74, 6) is -1.29. The van der Waals surface area contributed by atoms with Crippen LogP contribution in [0.15, 0.2) is 66.9 Å². The lowest BCUT2D eigenvalue weighted by Gasteiger charge is -2.40. The molecule has 0 saturated carbocycles. The fraction of sp³-hybridized carbons (Fsp3) is 0.200. The van der Waals surface area contributed by atoms with Crippen LogP contribution in [0.25, 0.3) is 0 Å². The minimum absolute atomic E-state index is 0.0569. The van der Waals surface area contributed by atoms with Gasteiger partial charge in [-0.3, -0.25) is 19.9 Å². The summed E-state index contributed by atoms with van der Waals surface area (Å²) in [6.07, 6.45) is 2.06. The number of rotatable bonds is 6. The Bertz CT molecular complexity index is 1210. The average molecular weight is 482 g/mol. The zero-order valence-electron chi connectivity index (χ0n) is 17.8. The molecule has 4 rings (SSSR count). The highest BCUT2D eigenvalue weighted by molar-refractivity contribution is 6.36. The summed E-state index contributed by atoms with van der Waals surface area (Å²) in [5.41, 5.74) is 0.735. The van der Waals surface area contributed by atoms with Gasteiger partial charge in [0.05, 0.1) is 5.69 Å². The topological polar surface area (TPSA) is 79.4 Å². The Hall–Kier alpha value is -3.22. The maximum Gasteiger partial charge on any atom is 0.335 e. The highest BCUT2D eigenvalue weighted by Crippen LogP contribution is 2.40. The lowest BCUT2D eigenvalue weighted by molar-refractivity contribution is -0.143. The number of halogens is 2. The summed E-state index contributed by atoms with van der Waals surface area (Å²) in [4.78, 5) is 45.6. The number of imide groups is 2. The highest BCUT2D eigenvalue weighted by Gasteiger charge is 2.54. The molecule has 6 nitrogen and oxygen atoms in total. The number of amides is 4. The number of anilines is 1. The Morgan fingerprint density at radius 2 is 1.64 bits per heavy atom. The lowest BCUT2D eigenvalue weighted by atomic mass is 9.74. The predicted molar refractivity (Wildman–Crippen MR) is 127 cm³/mol. The first-order valence-corrected chi connectivity index (χ1v) is 11.2. The van der Waals surface area contributed by atoms with Gasteiger partial charge in [-0.05, 0) is 67.6 Å². The molecule has 2 aromatic carbocycles. The molecule has 1 N–H and O–H groups in total. The van der Waals surface area contributed by atoms with Gasteiger partial charge in [-0.1, -0.05) is 53.5 Å². The number of para-hydroxylation sites is 1. The third kappa shape index (κ3) is 4.36. The van der Waals surface area contributed by atoms with Crippen molar-refractivity contribution in [2.75, 3.05) is 4.90 Å². The molecular weight excluding hydrogens is 461 g/mol. The van der Waals surface area contributed by atoms with Crippen molar-refractivity contribution in [3.63, 3.8) is 0 Å². The summed E-state index contributed by atoms with van der Waals surface area (Å²) < 4.78 is 0. The molecule has 1 aliphatic rings.